The molecule has 1 saturated heterocycles. The number of piperidine rings is 1. The van der Waals surface area contributed by atoms with Gasteiger partial charge in [0.1, 0.15) is 0 Å². The molecule has 110 valence electrons. The topological polar surface area (TPSA) is 32.3 Å². The van der Waals surface area contributed by atoms with Gasteiger partial charge in [0.05, 0.1) is 6.04 Å². The highest BCUT2D eigenvalue weighted by Gasteiger charge is 2.25. The van der Waals surface area contributed by atoms with Gasteiger partial charge < -0.3 is 5.32 Å². The minimum Gasteiger partial charge on any atom is -0.324 e. The van der Waals surface area contributed by atoms with Crippen LogP contribution in [-0.4, -0.2) is 29.9 Å². The van der Waals surface area contributed by atoms with Gasteiger partial charge in [0.25, 0.3) is 0 Å². The van der Waals surface area contributed by atoms with Crippen molar-refractivity contribution in [2.75, 3.05) is 18.4 Å². The first-order valence-electron chi connectivity index (χ1n) is 7.28. The molecule has 1 aromatic rings. The summed E-state index contributed by atoms with van der Waals surface area (Å²) >= 11 is 5.98. The maximum absolute atomic E-state index is 12.4. The maximum atomic E-state index is 12.4. The quantitative estimate of drug-likeness (QED) is 0.922. The normalized spacial score (nSPS) is 18.8. The summed E-state index contributed by atoms with van der Waals surface area (Å²) in [5.74, 6) is 0.821. The van der Waals surface area contributed by atoms with Gasteiger partial charge in [-0.3, -0.25) is 9.69 Å². The number of rotatable bonds is 3. The van der Waals surface area contributed by atoms with E-state index < -0.39 is 0 Å². The molecule has 1 unspecified atom stereocenters. The molecule has 1 aromatic carbocycles. The molecule has 1 aliphatic rings. The first-order valence-corrected chi connectivity index (χ1v) is 7.66. The predicted molar refractivity (Wildman–Crippen MR) is 84.3 cm³/mol. The number of hydrogen-bond donors (Lipinski definition) is 1. The van der Waals surface area contributed by atoms with Crippen molar-refractivity contribution in [1.82, 2.24) is 4.90 Å². The van der Waals surface area contributed by atoms with Gasteiger partial charge in [0, 0.05) is 10.7 Å². The zero-order chi connectivity index (χ0) is 14.7. The van der Waals surface area contributed by atoms with Crippen molar-refractivity contribution >= 4 is 23.2 Å². The Morgan fingerprint density at radius 3 is 2.70 bits per heavy atom. The van der Waals surface area contributed by atoms with Crippen LogP contribution in [0.15, 0.2) is 18.2 Å². The summed E-state index contributed by atoms with van der Waals surface area (Å²) in [5.41, 5.74) is 1.84. The van der Waals surface area contributed by atoms with E-state index in [0.717, 1.165) is 30.3 Å². The van der Waals surface area contributed by atoms with Crippen LogP contribution >= 0.6 is 11.6 Å². The van der Waals surface area contributed by atoms with Crippen LogP contribution in [0.4, 0.5) is 5.69 Å². The first kappa shape index (κ1) is 15.3. The molecule has 1 heterocycles. The predicted octanol–water partition coefficient (Wildman–Crippen LogP) is 3.71. The molecule has 2 rings (SSSR count). The van der Waals surface area contributed by atoms with E-state index in [1.807, 2.05) is 26.0 Å². The molecule has 0 spiro atoms. The third-order valence-corrected chi connectivity index (χ3v) is 4.44. The zero-order valence-corrected chi connectivity index (χ0v) is 13.2. The molecule has 3 nitrogen and oxygen atoms in total. The summed E-state index contributed by atoms with van der Waals surface area (Å²) < 4.78 is 0. The van der Waals surface area contributed by atoms with Crippen LogP contribution in [0.3, 0.4) is 0 Å². The molecule has 0 bridgehead atoms. The highest BCUT2D eigenvalue weighted by molar-refractivity contribution is 6.31. The van der Waals surface area contributed by atoms with Gasteiger partial charge in [0.2, 0.25) is 5.91 Å². The van der Waals surface area contributed by atoms with E-state index in [9.17, 15) is 4.79 Å². The van der Waals surface area contributed by atoms with E-state index in [2.05, 4.69) is 17.1 Å². The van der Waals surface area contributed by atoms with Gasteiger partial charge in [-0.15, -0.1) is 0 Å². The number of benzene rings is 1. The average Bonchev–Trinajstić information content (AvgIpc) is 2.43. The van der Waals surface area contributed by atoms with Crippen molar-refractivity contribution in [3.05, 3.63) is 28.8 Å². The second-order valence-corrected chi connectivity index (χ2v) is 6.28. The highest BCUT2D eigenvalue weighted by atomic mass is 35.5. The van der Waals surface area contributed by atoms with Gasteiger partial charge in [-0.05, 0) is 63.4 Å². The number of carbonyl (C=O) groups excluding carboxylic acids is 1. The number of anilines is 1. The fraction of sp³-hybridized carbons (Fsp3) is 0.562. The van der Waals surface area contributed by atoms with Crippen LogP contribution in [0.5, 0.6) is 0 Å². The number of hydrogen-bond acceptors (Lipinski definition) is 2. The van der Waals surface area contributed by atoms with E-state index >= 15 is 0 Å². The number of amides is 1. The molecule has 1 fully saturated rings. The molecule has 0 aromatic heterocycles. The first-order chi connectivity index (χ1) is 9.47. The molecule has 1 aliphatic heterocycles. The Bertz CT molecular complexity index is 481. The van der Waals surface area contributed by atoms with E-state index in [4.69, 9.17) is 11.6 Å². The number of likely N-dealkylation sites (tertiary alicyclic amines) is 1. The summed E-state index contributed by atoms with van der Waals surface area (Å²) in [5, 5.41) is 3.64. The second-order valence-electron chi connectivity index (χ2n) is 5.84. The van der Waals surface area contributed by atoms with Gasteiger partial charge in [-0.25, -0.2) is 0 Å². The molecule has 1 atom stereocenters. The fourth-order valence-electron chi connectivity index (χ4n) is 2.55. The Labute approximate surface area is 126 Å². The van der Waals surface area contributed by atoms with E-state index in [1.54, 1.807) is 6.07 Å². The SMILES string of the molecule is Cc1ccc(Cl)cc1NC(=O)C(C)N1CCC(C)CC1. The zero-order valence-electron chi connectivity index (χ0n) is 12.4. The van der Waals surface area contributed by atoms with Crippen molar-refractivity contribution in [1.29, 1.82) is 0 Å². The monoisotopic (exact) mass is 294 g/mol. The summed E-state index contributed by atoms with van der Waals surface area (Å²) in [6, 6.07) is 5.47. The van der Waals surface area contributed by atoms with Crippen molar-refractivity contribution in [2.24, 2.45) is 5.92 Å². The lowest BCUT2D eigenvalue weighted by atomic mass is 9.98. The van der Waals surface area contributed by atoms with Gasteiger partial charge >= 0.3 is 0 Å². The number of carbonyl (C=O) groups is 1. The molecule has 1 N–H and O–H groups in total. The average molecular weight is 295 g/mol. The largest absolute Gasteiger partial charge is 0.324 e. The molecule has 4 heteroatoms. The Morgan fingerprint density at radius 1 is 1.40 bits per heavy atom. The van der Waals surface area contributed by atoms with Crippen molar-refractivity contribution in [2.45, 2.75) is 39.7 Å². The van der Waals surface area contributed by atoms with Crippen molar-refractivity contribution in [3.63, 3.8) is 0 Å². The molecular weight excluding hydrogens is 272 g/mol. The Balaban J connectivity index is 1.99. The summed E-state index contributed by atoms with van der Waals surface area (Å²) in [4.78, 5) is 14.6. The van der Waals surface area contributed by atoms with Crippen LogP contribution in [-0.2, 0) is 4.79 Å². The number of halogens is 1. The van der Waals surface area contributed by atoms with Crippen molar-refractivity contribution < 1.29 is 4.79 Å². The van der Waals surface area contributed by atoms with Crippen LogP contribution in [0.25, 0.3) is 0 Å². The third-order valence-electron chi connectivity index (χ3n) is 4.20. The van der Waals surface area contributed by atoms with Crippen LogP contribution < -0.4 is 5.32 Å². The summed E-state index contributed by atoms with van der Waals surface area (Å²) in [6.45, 7) is 8.23. The van der Waals surface area contributed by atoms with E-state index in [-0.39, 0.29) is 11.9 Å². The molecule has 0 aliphatic carbocycles. The van der Waals surface area contributed by atoms with Gasteiger partial charge in [-0.1, -0.05) is 24.6 Å². The lowest BCUT2D eigenvalue weighted by molar-refractivity contribution is -0.121. The van der Waals surface area contributed by atoms with E-state index in [1.165, 1.54) is 12.8 Å². The van der Waals surface area contributed by atoms with Gasteiger partial charge in [-0.2, -0.15) is 0 Å². The molecule has 1 amide bonds. The van der Waals surface area contributed by atoms with Crippen molar-refractivity contribution in [3.8, 4) is 0 Å². The minimum atomic E-state index is -0.0964. The molecule has 20 heavy (non-hydrogen) atoms. The number of nitrogens with one attached hydrogen (secondary N) is 1. The maximum Gasteiger partial charge on any atom is 0.241 e. The summed E-state index contributed by atoms with van der Waals surface area (Å²) in [6.07, 6.45) is 2.35. The molecular formula is C16H23ClN2O. The molecule has 0 saturated carbocycles. The number of aryl methyl sites for hydroxylation is 1. The fourth-order valence-corrected chi connectivity index (χ4v) is 2.72. The van der Waals surface area contributed by atoms with E-state index in [0.29, 0.717) is 5.02 Å². The summed E-state index contributed by atoms with van der Waals surface area (Å²) in [7, 11) is 0. The smallest absolute Gasteiger partial charge is 0.241 e. The third kappa shape index (κ3) is 3.74. The Morgan fingerprint density at radius 2 is 2.05 bits per heavy atom. The lowest BCUT2D eigenvalue weighted by Crippen LogP contribution is -2.45. The lowest BCUT2D eigenvalue weighted by Gasteiger charge is -2.34. The van der Waals surface area contributed by atoms with Gasteiger partial charge in [0.15, 0.2) is 0 Å². The highest BCUT2D eigenvalue weighted by Crippen LogP contribution is 2.22. The molecule has 0 radical (unpaired) electrons. The standard InChI is InChI=1S/C16H23ClN2O/c1-11-6-8-19(9-7-11)13(3)16(20)18-15-10-14(17)5-4-12(15)2/h4-5,10-11,13H,6-9H2,1-3H3,(H,18,20). The second kappa shape index (κ2) is 6.59. The van der Waals surface area contributed by atoms with Crippen LogP contribution in [0, 0.1) is 12.8 Å². The van der Waals surface area contributed by atoms with Crippen LogP contribution in [0.1, 0.15) is 32.3 Å². The van der Waals surface area contributed by atoms with Crippen LogP contribution in [0.2, 0.25) is 5.02 Å². The minimum absolute atomic E-state index is 0.0462. The Kier molecular flexibility index (Phi) is 5.06. The Hall–Kier alpha value is -1.06. The number of nitrogens with zero attached hydrogens (tertiary/aromatic N) is 1.